The molecule has 2 N–H and O–H groups in total. The number of carboxylic acid groups (broad SMARTS) is 1. The Morgan fingerprint density at radius 3 is 2.64 bits per heavy atom. The van der Waals surface area contributed by atoms with E-state index in [4.69, 9.17) is 4.74 Å². The van der Waals surface area contributed by atoms with E-state index in [0.717, 1.165) is 11.5 Å². The smallest absolute Gasteiger partial charge is 0.329 e. The first kappa shape index (κ1) is 16.6. The number of carbonyl (C=O) groups excluding carboxylic acids is 1. The largest absolute Gasteiger partial charge is 0.480 e. The third-order valence-electron chi connectivity index (χ3n) is 3.42. The molecule has 1 aliphatic heterocycles. The quantitative estimate of drug-likeness (QED) is 0.860. The summed E-state index contributed by atoms with van der Waals surface area (Å²) in [6.45, 7) is 3.74. The van der Waals surface area contributed by atoms with Crippen LogP contribution in [0.3, 0.4) is 0 Å². The van der Waals surface area contributed by atoms with Crippen molar-refractivity contribution in [2.75, 3.05) is 11.5 Å². The highest BCUT2D eigenvalue weighted by atomic mass is 32.2. The van der Waals surface area contributed by atoms with E-state index >= 15 is 0 Å². The molecule has 0 saturated carbocycles. The van der Waals surface area contributed by atoms with E-state index in [1.165, 1.54) is 0 Å². The third kappa shape index (κ3) is 3.91. The molecule has 2 heterocycles. The van der Waals surface area contributed by atoms with Crippen LogP contribution in [0.5, 0.6) is 5.88 Å². The summed E-state index contributed by atoms with van der Waals surface area (Å²) in [6.07, 6.45) is 0.786. The number of ether oxygens (including phenoxy) is 1. The van der Waals surface area contributed by atoms with Gasteiger partial charge in [-0.05, 0) is 44.3 Å². The molecule has 0 bridgehead atoms. The predicted molar refractivity (Wildman–Crippen MR) is 84.4 cm³/mol. The van der Waals surface area contributed by atoms with Gasteiger partial charge >= 0.3 is 5.97 Å². The number of thioether (sulfide) groups is 1. The van der Waals surface area contributed by atoms with Gasteiger partial charge in [0.25, 0.3) is 5.91 Å². The van der Waals surface area contributed by atoms with Crippen LogP contribution in [-0.2, 0) is 4.79 Å². The number of aromatic nitrogens is 1. The van der Waals surface area contributed by atoms with E-state index in [1.54, 1.807) is 30.0 Å². The maximum atomic E-state index is 12.4. The van der Waals surface area contributed by atoms with Crippen LogP contribution in [0.15, 0.2) is 18.2 Å². The molecule has 7 heteroatoms. The van der Waals surface area contributed by atoms with Crippen LogP contribution in [0, 0.1) is 0 Å². The van der Waals surface area contributed by atoms with Crippen molar-refractivity contribution in [3.05, 3.63) is 23.9 Å². The number of hydrogen-bond donors (Lipinski definition) is 2. The molecule has 120 valence electrons. The maximum absolute atomic E-state index is 12.4. The fraction of sp³-hybridized carbons (Fsp3) is 0.533. The van der Waals surface area contributed by atoms with Crippen LogP contribution in [0.4, 0.5) is 0 Å². The van der Waals surface area contributed by atoms with Crippen LogP contribution in [-0.4, -0.2) is 45.1 Å². The lowest BCUT2D eigenvalue weighted by Crippen LogP contribution is -2.56. The van der Waals surface area contributed by atoms with E-state index < -0.39 is 17.4 Å². The van der Waals surface area contributed by atoms with E-state index in [1.807, 2.05) is 13.8 Å². The van der Waals surface area contributed by atoms with Gasteiger partial charge in [-0.25, -0.2) is 9.78 Å². The van der Waals surface area contributed by atoms with Crippen molar-refractivity contribution < 1.29 is 19.4 Å². The number of rotatable bonds is 5. The number of carbonyl (C=O) groups is 2. The molecule has 1 saturated heterocycles. The van der Waals surface area contributed by atoms with Gasteiger partial charge in [-0.2, -0.15) is 11.8 Å². The summed E-state index contributed by atoms with van der Waals surface area (Å²) in [6, 6.07) is 4.89. The normalized spacial score (nSPS) is 17.0. The van der Waals surface area contributed by atoms with Crippen LogP contribution in [0.1, 0.15) is 37.2 Å². The van der Waals surface area contributed by atoms with Crippen LogP contribution < -0.4 is 10.1 Å². The number of pyridine rings is 1. The molecule has 1 fully saturated rings. The summed E-state index contributed by atoms with van der Waals surface area (Å²) in [5.41, 5.74) is -1.03. The zero-order chi connectivity index (χ0) is 16.2. The van der Waals surface area contributed by atoms with Crippen LogP contribution >= 0.6 is 11.8 Å². The minimum atomic E-state index is -1.20. The zero-order valence-electron chi connectivity index (χ0n) is 12.7. The van der Waals surface area contributed by atoms with Crippen molar-refractivity contribution in [3.63, 3.8) is 0 Å². The average Bonchev–Trinajstić information content (AvgIpc) is 2.47. The monoisotopic (exact) mass is 324 g/mol. The molecule has 0 atom stereocenters. The SMILES string of the molecule is CC(C)Oc1cccc(C(=O)NC2(C(=O)O)CCSCC2)n1. The molecule has 1 aliphatic rings. The third-order valence-corrected chi connectivity index (χ3v) is 4.41. The standard InChI is InChI=1S/C15H20N2O4S/c1-10(2)21-12-5-3-4-11(16-12)13(18)17-15(14(19)20)6-8-22-9-7-15/h3-5,10H,6-9H2,1-2H3,(H,17,18)(H,19,20). The Kier molecular flexibility index (Phi) is 5.28. The molecule has 22 heavy (non-hydrogen) atoms. The summed E-state index contributed by atoms with van der Waals surface area (Å²) in [5.74, 6) is 0.318. The zero-order valence-corrected chi connectivity index (χ0v) is 13.5. The molecule has 0 radical (unpaired) electrons. The Labute approximate surface area is 133 Å². The molecular formula is C15H20N2O4S. The summed E-state index contributed by atoms with van der Waals surface area (Å²) in [7, 11) is 0. The maximum Gasteiger partial charge on any atom is 0.329 e. The summed E-state index contributed by atoms with van der Waals surface area (Å²) < 4.78 is 5.46. The van der Waals surface area contributed by atoms with Crippen LogP contribution in [0.25, 0.3) is 0 Å². The first-order chi connectivity index (χ1) is 10.4. The molecule has 1 aromatic heterocycles. The Morgan fingerprint density at radius 2 is 2.05 bits per heavy atom. The minimum Gasteiger partial charge on any atom is -0.480 e. The van der Waals surface area contributed by atoms with Gasteiger partial charge in [-0.15, -0.1) is 0 Å². The molecule has 0 spiro atoms. The Morgan fingerprint density at radius 1 is 1.36 bits per heavy atom. The fourth-order valence-electron chi connectivity index (χ4n) is 2.24. The second-order valence-corrected chi connectivity index (χ2v) is 6.71. The highest BCUT2D eigenvalue weighted by molar-refractivity contribution is 7.99. The first-order valence-corrected chi connectivity index (χ1v) is 8.36. The van der Waals surface area contributed by atoms with Crippen molar-refractivity contribution >= 4 is 23.6 Å². The van der Waals surface area contributed by atoms with Gasteiger partial charge in [-0.1, -0.05) is 6.07 Å². The molecular weight excluding hydrogens is 304 g/mol. The van der Waals surface area contributed by atoms with Gasteiger partial charge in [0.15, 0.2) is 0 Å². The van der Waals surface area contributed by atoms with Gasteiger partial charge in [-0.3, -0.25) is 4.79 Å². The molecule has 2 rings (SSSR count). The molecule has 0 unspecified atom stereocenters. The predicted octanol–water partition coefficient (Wildman–Crippen LogP) is 1.95. The van der Waals surface area contributed by atoms with Gasteiger partial charge in [0.1, 0.15) is 11.2 Å². The van der Waals surface area contributed by atoms with Crippen molar-refractivity contribution in [1.29, 1.82) is 0 Å². The summed E-state index contributed by atoms with van der Waals surface area (Å²) >= 11 is 1.70. The number of nitrogens with one attached hydrogen (secondary N) is 1. The van der Waals surface area contributed by atoms with Crippen LogP contribution in [0.2, 0.25) is 0 Å². The number of nitrogens with zero attached hydrogens (tertiary/aromatic N) is 1. The Bertz CT molecular complexity index is 556. The lowest BCUT2D eigenvalue weighted by molar-refractivity contribution is -0.144. The van der Waals surface area contributed by atoms with Gasteiger partial charge in [0.2, 0.25) is 5.88 Å². The highest BCUT2D eigenvalue weighted by Crippen LogP contribution is 2.27. The van der Waals surface area contributed by atoms with Gasteiger partial charge < -0.3 is 15.2 Å². The van der Waals surface area contributed by atoms with Crippen molar-refractivity contribution in [1.82, 2.24) is 10.3 Å². The first-order valence-electron chi connectivity index (χ1n) is 7.20. The second-order valence-electron chi connectivity index (χ2n) is 5.48. The van der Waals surface area contributed by atoms with E-state index in [0.29, 0.717) is 18.7 Å². The minimum absolute atomic E-state index is 0.0495. The van der Waals surface area contributed by atoms with E-state index in [2.05, 4.69) is 10.3 Å². The van der Waals surface area contributed by atoms with Crippen molar-refractivity contribution in [3.8, 4) is 5.88 Å². The average molecular weight is 324 g/mol. The second kappa shape index (κ2) is 7.00. The van der Waals surface area contributed by atoms with E-state index in [9.17, 15) is 14.7 Å². The number of amides is 1. The number of carboxylic acids is 1. The highest BCUT2D eigenvalue weighted by Gasteiger charge is 2.41. The lowest BCUT2D eigenvalue weighted by Gasteiger charge is -2.33. The van der Waals surface area contributed by atoms with Gasteiger partial charge in [0.05, 0.1) is 6.10 Å². The topological polar surface area (TPSA) is 88.5 Å². The molecule has 1 amide bonds. The number of hydrogen-bond acceptors (Lipinski definition) is 5. The van der Waals surface area contributed by atoms with Gasteiger partial charge in [0, 0.05) is 6.07 Å². The molecule has 1 aromatic rings. The summed E-state index contributed by atoms with van der Waals surface area (Å²) in [4.78, 5) is 28.1. The Balaban J connectivity index is 2.15. The summed E-state index contributed by atoms with van der Waals surface area (Å²) in [5, 5.41) is 12.1. The van der Waals surface area contributed by atoms with Crippen molar-refractivity contribution in [2.24, 2.45) is 0 Å². The fourth-order valence-corrected chi connectivity index (χ4v) is 3.43. The van der Waals surface area contributed by atoms with E-state index in [-0.39, 0.29) is 11.8 Å². The Hall–Kier alpha value is -1.76. The molecule has 0 aromatic carbocycles. The van der Waals surface area contributed by atoms with Crippen molar-refractivity contribution in [2.45, 2.75) is 38.3 Å². The number of aliphatic carboxylic acids is 1. The molecule has 0 aliphatic carbocycles. The molecule has 6 nitrogen and oxygen atoms in total. The lowest BCUT2D eigenvalue weighted by atomic mass is 9.92.